The van der Waals surface area contributed by atoms with E-state index in [4.69, 9.17) is 16.2 Å². The Morgan fingerprint density at radius 2 is 2.25 bits per heavy atom. The largest absolute Gasteiger partial charge is 0.492 e. The fraction of sp³-hybridized carbons (Fsp3) is 0.533. The number of primary amides is 1. The number of nitrogens with zero attached hydrogens (tertiary/aromatic N) is 1. The lowest BCUT2D eigenvalue weighted by Gasteiger charge is -2.33. The van der Waals surface area contributed by atoms with Crippen LogP contribution in [0.5, 0.6) is 5.75 Å². The number of piperidine rings is 1. The summed E-state index contributed by atoms with van der Waals surface area (Å²) in [5.74, 6) is 0.593. The van der Waals surface area contributed by atoms with Gasteiger partial charge in [0.2, 0.25) is 5.91 Å². The monoisotopic (exact) mass is 277 g/mol. The third kappa shape index (κ3) is 3.95. The molecule has 1 saturated heterocycles. The molecule has 1 heterocycles. The lowest BCUT2D eigenvalue weighted by molar-refractivity contribution is -0.124. The Morgan fingerprint density at radius 3 is 3.00 bits per heavy atom. The zero-order valence-electron chi connectivity index (χ0n) is 11.8. The Hall–Kier alpha value is -1.59. The summed E-state index contributed by atoms with van der Waals surface area (Å²) < 4.78 is 5.73. The van der Waals surface area contributed by atoms with Crippen LogP contribution < -0.4 is 16.2 Å². The summed E-state index contributed by atoms with van der Waals surface area (Å²) in [5.41, 5.74) is 12.1. The van der Waals surface area contributed by atoms with Crippen molar-refractivity contribution >= 4 is 5.91 Å². The molecular formula is C15H23N3O2. The number of likely N-dealkylation sites (tertiary alicyclic amines) is 1. The van der Waals surface area contributed by atoms with Gasteiger partial charge in [-0.25, -0.2) is 0 Å². The van der Waals surface area contributed by atoms with Crippen molar-refractivity contribution in [1.29, 1.82) is 0 Å². The van der Waals surface area contributed by atoms with E-state index in [1.54, 1.807) is 0 Å². The second kappa shape index (κ2) is 7.26. The summed E-state index contributed by atoms with van der Waals surface area (Å²) in [6, 6.07) is 7.64. The number of ether oxygens (including phenoxy) is 1. The summed E-state index contributed by atoms with van der Waals surface area (Å²) in [6.45, 7) is 2.70. The highest BCUT2D eigenvalue weighted by atomic mass is 16.5. The van der Waals surface area contributed by atoms with Gasteiger partial charge in [-0.15, -0.1) is 0 Å². The third-order valence-corrected chi connectivity index (χ3v) is 3.72. The molecule has 5 nitrogen and oxygen atoms in total. The minimum Gasteiger partial charge on any atom is -0.492 e. The molecule has 2 rings (SSSR count). The number of hydrogen-bond acceptors (Lipinski definition) is 4. The molecule has 1 amide bonds. The number of carbonyl (C=O) groups is 1. The van der Waals surface area contributed by atoms with Crippen molar-refractivity contribution in [2.45, 2.75) is 31.8 Å². The molecule has 0 bridgehead atoms. The molecule has 0 spiro atoms. The number of rotatable bonds is 6. The molecule has 0 aliphatic carbocycles. The Labute approximate surface area is 119 Å². The first-order valence-corrected chi connectivity index (χ1v) is 7.16. The van der Waals surface area contributed by atoms with Gasteiger partial charge in [0.15, 0.2) is 0 Å². The van der Waals surface area contributed by atoms with Crippen molar-refractivity contribution in [2.75, 3.05) is 19.7 Å². The number of carbonyl (C=O) groups excluding carboxylic acids is 1. The van der Waals surface area contributed by atoms with Crippen molar-refractivity contribution in [2.24, 2.45) is 11.5 Å². The fourth-order valence-corrected chi connectivity index (χ4v) is 2.62. The van der Waals surface area contributed by atoms with Gasteiger partial charge in [-0.1, -0.05) is 18.6 Å². The van der Waals surface area contributed by atoms with Crippen LogP contribution in [-0.2, 0) is 11.3 Å². The Balaban J connectivity index is 1.83. The molecule has 5 heteroatoms. The van der Waals surface area contributed by atoms with Crippen molar-refractivity contribution in [1.82, 2.24) is 4.90 Å². The van der Waals surface area contributed by atoms with E-state index in [0.717, 1.165) is 43.7 Å². The van der Waals surface area contributed by atoms with Gasteiger partial charge < -0.3 is 16.2 Å². The van der Waals surface area contributed by atoms with Gasteiger partial charge in [0, 0.05) is 13.1 Å². The van der Waals surface area contributed by atoms with Gasteiger partial charge in [-0.3, -0.25) is 9.69 Å². The predicted molar refractivity (Wildman–Crippen MR) is 78.2 cm³/mol. The van der Waals surface area contributed by atoms with E-state index in [2.05, 4.69) is 4.90 Å². The van der Waals surface area contributed by atoms with Gasteiger partial charge in [0.1, 0.15) is 12.4 Å². The molecule has 0 radical (unpaired) electrons. The van der Waals surface area contributed by atoms with Crippen LogP contribution in [0.4, 0.5) is 0 Å². The third-order valence-electron chi connectivity index (χ3n) is 3.72. The topological polar surface area (TPSA) is 81.6 Å². The van der Waals surface area contributed by atoms with Crippen LogP contribution in [0.25, 0.3) is 0 Å². The average Bonchev–Trinajstić information content (AvgIpc) is 2.48. The second-order valence-corrected chi connectivity index (χ2v) is 5.15. The Bertz CT molecular complexity index is 450. The highest BCUT2D eigenvalue weighted by Crippen LogP contribution is 2.17. The van der Waals surface area contributed by atoms with E-state index in [0.29, 0.717) is 13.2 Å². The van der Waals surface area contributed by atoms with Gasteiger partial charge in [0.05, 0.1) is 6.04 Å². The van der Waals surface area contributed by atoms with E-state index >= 15 is 0 Å². The van der Waals surface area contributed by atoms with Gasteiger partial charge in [-0.2, -0.15) is 0 Å². The molecule has 1 fully saturated rings. The molecule has 4 N–H and O–H groups in total. The number of benzene rings is 1. The summed E-state index contributed by atoms with van der Waals surface area (Å²) >= 11 is 0. The lowest BCUT2D eigenvalue weighted by atomic mass is 10.0. The standard InChI is InChI=1S/C15H23N3O2/c16-11-12-4-3-5-13(10-12)20-9-8-18-7-2-1-6-14(18)15(17)19/h3-5,10,14H,1-2,6-9,11,16H2,(H2,17,19). The van der Waals surface area contributed by atoms with Crippen molar-refractivity contribution < 1.29 is 9.53 Å². The first-order chi connectivity index (χ1) is 9.70. The van der Waals surface area contributed by atoms with Crippen LogP contribution in [0, 0.1) is 0 Å². The second-order valence-electron chi connectivity index (χ2n) is 5.15. The number of hydrogen-bond donors (Lipinski definition) is 2. The molecule has 1 aliphatic heterocycles. The lowest BCUT2D eigenvalue weighted by Crippen LogP contribution is -2.48. The normalized spacial score (nSPS) is 19.8. The quantitative estimate of drug-likeness (QED) is 0.808. The predicted octanol–water partition coefficient (Wildman–Crippen LogP) is 0.864. The minimum atomic E-state index is -0.227. The molecule has 0 aromatic heterocycles. The minimum absolute atomic E-state index is 0.136. The zero-order valence-corrected chi connectivity index (χ0v) is 11.8. The van der Waals surface area contributed by atoms with E-state index in [1.165, 1.54) is 0 Å². The molecule has 1 aromatic rings. The van der Waals surface area contributed by atoms with E-state index in [1.807, 2.05) is 24.3 Å². The summed E-state index contributed by atoms with van der Waals surface area (Å²) in [5, 5.41) is 0. The molecule has 1 unspecified atom stereocenters. The van der Waals surface area contributed by atoms with E-state index in [9.17, 15) is 4.79 Å². The number of amides is 1. The maximum absolute atomic E-state index is 11.4. The molecular weight excluding hydrogens is 254 g/mol. The van der Waals surface area contributed by atoms with Crippen LogP contribution in [-0.4, -0.2) is 36.5 Å². The Kier molecular flexibility index (Phi) is 5.38. The number of nitrogens with two attached hydrogens (primary N) is 2. The van der Waals surface area contributed by atoms with Crippen molar-refractivity contribution in [3.8, 4) is 5.75 Å². The first kappa shape index (κ1) is 14.8. The van der Waals surface area contributed by atoms with Gasteiger partial charge in [0.25, 0.3) is 0 Å². The smallest absolute Gasteiger partial charge is 0.234 e. The van der Waals surface area contributed by atoms with Crippen LogP contribution >= 0.6 is 0 Å². The highest BCUT2D eigenvalue weighted by Gasteiger charge is 2.26. The first-order valence-electron chi connectivity index (χ1n) is 7.16. The summed E-state index contributed by atoms with van der Waals surface area (Å²) in [6.07, 6.45) is 3.05. The zero-order chi connectivity index (χ0) is 14.4. The van der Waals surface area contributed by atoms with E-state index < -0.39 is 0 Å². The summed E-state index contributed by atoms with van der Waals surface area (Å²) in [7, 11) is 0. The maximum Gasteiger partial charge on any atom is 0.234 e. The molecule has 1 aliphatic rings. The van der Waals surface area contributed by atoms with E-state index in [-0.39, 0.29) is 11.9 Å². The molecule has 1 aromatic carbocycles. The van der Waals surface area contributed by atoms with Crippen LogP contribution in [0.3, 0.4) is 0 Å². The van der Waals surface area contributed by atoms with Crippen molar-refractivity contribution in [3.05, 3.63) is 29.8 Å². The molecule has 110 valence electrons. The van der Waals surface area contributed by atoms with Gasteiger partial charge in [-0.05, 0) is 37.1 Å². The molecule has 20 heavy (non-hydrogen) atoms. The van der Waals surface area contributed by atoms with Crippen LogP contribution in [0.15, 0.2) is 24.3 Å². The highest BCUT2D eigenvalue weighted by molar-refractivity contribution is 5.79. The van der Waals surface area contributed by atoms with Gasteiger partial charge >= 0.3 is 0 Å². The van der Waals surface area contributed by atoms with Crippen LogP contribution in [0.1, 0.15) is 24.8 Å². The maximum atomic E-state index is 11.4. The average molecular weight is 277 g/mol. The van der Waals surface area contributed by atoms with Crippen LogP contribution in [0.2, 0.25) is 0 Å². The Morgan fingerprint density at radius 1 is 1.40 bits per heavy atom. The summed E-state index contributed by atoms with van der Waals surface area (Å²) in [4.78, 5) is 13.5. The fourth-order valence-electron chi connectivity index (χ4n) is 2.62. The SMILES string of the molecule is NCc1cccc(OCCN2CCCCC2C(N)=O)c1. The van der Waals surface area contributed by atoms with Crippen molar-refractivity contribution in [3.63, 3.8) is 0 Å². The molecule has 1 atom stereocenters. The molecule has 0 saturated carbocycles.